The molecule has 0 amide bonds. The lowest BCUT2D eigenvalue weighted by molar-refractivity contribution is -0.388. The van der Waals surface area contributed by atoms with Gasteiger partial charge in [-0.3, -0.25) is 4.57 Å². The number of hydrogen-bond donors (Lipinski definition) is 2. The van der Waals surface area contributed by atoms with Gasteiger partial charge < -0.3 is 20.5 Å². The van der Waals surface area contributed by atoms with Crippen molar-refractivity contribution in [2.75, 3.05) is 5.32 Å². The molecule has 8 nitrogen and oxygen atoms in total. The van der Waals surface area contributed by atoms with Gasteiger partial charge in [-0.1, -0.05) is 13.3 Å². The molecule has 1 aromatic heterocycles. The summed E-state index contributed by atoms with van der Waals surface area (Å²) >= 11 is 0. The molecular formula is C10H16N4O4. The Balaban J connectivity index is 3.12. The number of aromatic nitrogens is 2. The van der Waals surface area contributed by atoms with Crippen LogP contribution in [-0.2, 0) is 11.8 Å². The maximum atomic E-state index is 11.3. The number of nitrogens with one attached hydrogen (secondary N) is 1. The van der Waals surface area contributed by atoms with E-state index in [1.165, 1.54) is 17.8 Å². The summed E-state index contributed by atoms with van der Waals surface area (Å²) in [5, 5.41) is 22.7. The zero-order valence-corrected chi connectivity index (χ0v) is 10.5. The number of carbonyl (C=O) groups is 1. The van der Waals surface area contributed by atoms with Crippen LogP contribution in [0.5, 0.6) is 0 Å². The Hall–Kier alpha value is -2.12. The molecule has 0 fully saturated rings. The number of hydrogen-bond acceptors (Lipinski definition) is 5. The molecule has 0 saturated carbocycles. The molecule has 1 aromatic rings. The summed E-state index contributed by atoms with van der Waals surface area (Å²) in [5.74, 6) is -1.33. The molecule has 100 valence electrons. The van der Waals surface area contributed by atoms with Crippen molar-refractivity contribution >= 4 is 17.6 Å². The molecule has 1 heterocycles. The summed E-state index contributed by atoms with van der Waals surface area (Å²) in [6.07, 6.45) is 2.26. The Morgan fingerprint density at radius 2 is 2.33 bits per heavy atom. The number of nitrogens with zero attached hydrogens (tertiary/aromatic N) is 3. The fourth-order valence-corrected chi connectivity index (χ4v) is 1.68. The monoisotopic (exact) mass is 256 g/mol. The van der Waals surface area contributed by atoms with Crippen LogP contribution in [0.15, 0.2) is 6.33 Å². The first-order valence-electron chi connectivity index (χ1n) is 5.49. The van der Waals surface area contributed by atoms with Crippen molar-refractivity contribution in [3.8, 4) is 0 Å². The van der Waals surface area contributed by atoms with E-state index >= 15 is 0 Å². The van der Waals surface area contributed by atoms with Crippen LogP contribution in [0.4, 0.5) is 11.6 Å². The van der Waals surface area contributed by atoms with Gasteiger partial charge in [0.05, 0.1) is 0 Å². The van der Waals surface area contributed by atoms with Gasteiger partial charge in [-0.15, -0.1) is 0 Å². The first-order valence-corrected chi connectivity index (χ1v) is 5.49. The van der Waals surface area contributed by atoms with E-state index in [-0.39, 0.29) is 11.6 Å². The van der Waals surface area contributed by atoms with Gasteiger partial charge in [-0.05, 0) is 23.3 Å². The second-order valence-corrected chi connectivity index (χ2v) is 4.30. The molecule has 1 unspecified atom stereocenters. The molecule has 0 saturated heterocycles. The average molecular weight is 256 g/mol. The van der Waals surface area contributed by atoms with Crippen molar-refractivity contribution in [1.29, 1.82) is 0 Å². The molecule has 0 aromatic carbocycles. The topological polar surface area (TPSA) is 110 Å². The number of carboxylic acids is 1. The zero-order valence-electron chi connectivity index (χ0n) is 10.5. The highest BCUT2D eigenvalue weighted by Crippen LogP contribution is 2.27. The lowest BCUT2D eigenvalue weighted by Crippen LogP contribution is -2.43. The molecule has 0 spiro atoms. The second kappa shape index (κ2) is 5.03. The Kier molecular flexibility index (Phi) is 3.89. The minimum Gasteiger partial charge on any atom is -0.480 e. The summed E-state index contributed by atoms with van der Waals surface area (Å²) in [7, 11) is 1.57. The largest absolute Gasteiger partial charge is 0.480 e. The van der Waals surface area contributed by atoms with E-state index in [9.17, 15) is 20.0 Å². The highest BCUT2D eigenvalue weighted by Gasteiger charge is 2.35. The number of imidazole rings is 1. The third kappa shape index (κ3) is 2.58. The van der Waals surface area contributed by atoms with Crippen LogP contribution in [0.25, 0.3) is 0 Å². The van der Waals surface area contributed by atoms with Crippen molar-refractivity contribution in [3.05, 3.63) is 16.4 Å². The number of carboxylic acid groups (broad SMARTS) is 1. The number of rotatable bonds is 6. The normalized spacial score (nSPS) is 13.9. The third-order valence-electron chi connectivity index (χ3n) is 2.71. The van der Waals surface area contributed by atoms with Crippen LogP contribution in [0, 0.1) is 10.1 Å². The summed E-state index contributed by atoms with van der Waals surface area (Å²) < 4.78 is 1.40. The third-order valence-corrected chi connectivity index (χ3v) is 2.71. The van der Waals surface area contributed by atoms with Crippen molar-refractivity contribution in [3.63, 3.8) is 0 Å². The van der Waals surface area contributed by atoms with Crippen molar-refractivity contribution in [2.45, 2.75) is 32.2 Å². The molecule has 0 aliphatic carbocycles. The van der Waals surface area contributed by atoms with E-state index in [1.54, 1.807) is 7.05 Å². The molecule has 0 radical (unpaired) electrons. The van der Waals surface area contributed by atoms with E-state index in [0.717, 1.165) is 0 Å². The fourth-order valence-electron chi connectivity index (χ4n) is 1.68. The molecule has 18 heavy (non-hydrogen) atoms. The molecule has 2 N–H and O–H groups in total. The minimum absolute atomic E-state index is 0.0957. The number of anilines is 1. The van der Waals surface area contributed by atoms with Crippen LogP contribution in [-0.4, -0.2) is 31.1 Å². The SMILES string of the molecule is CCCC(C)(Nc1c([N+](=O)[O-])ncn1C)C(=O)O. The lowest BCUT2D eigenvalue weighted by atomic mass is 9.96. The molecular weight excluding hydrogens is 240 g/mol. The van der Waals surface area contributed by atoms with Crippen LogP contribution in [0.1, 0.15) is 26.7 Å². The predicted molar refractivity (Wildman–Crippen MR) is 64.4 cm³/mol. The number of nitro groups is 1. The minimum atomic E-state index is -1.26. The summed E-state index contributed by atoms with van der Waals surface area (Å²) in [5.41, 5.74) is -1.26. The van der Waals surface area contributed by atoms with Gasteiger partial charge in [0.25, 0.3) is 0 Å². The Labute approximate surface area is 104 Å². The summed E-state index contributed by atoms with van der Waals surface area (Å²) in [6.45, 7) is 3.34. The molecule has 0 aliphatic rings. The highest BCUT2D eigenvalue weighted by molar-refractivity contribution is 5.82. The fraction of sp³-hybridized carbons (Fsp3) is 0.600. The van der Waals surface area contributed by atoms with Crippen molar-refractivity contribution in [1.82, 2.24) is 9.55 Å². The zero-order chi connectivity index (χ0) is 13.9. The Morgan fingerprint density at radius 3 is 2.78 bits per heavy atom. The first-order chi connectivity index (χ1) is 8.31. The van der Waals surface area contributed by atoms with E-state index in [1.807, 2.05) is 6.92 Å². The lowest BCUT2D eigenvalue weighted by Gasteiger charge is -2.26. The van der Waals surface area contributed by atoms with E-state index in [2.05, 4.69) is 10.3 Å². The van der Waals surface area contributed by atoms with E-state index in [4.69, 9.17) is 0 Å². The van der Waals surface area contributed by atoms with Gasteiger partial charge in [0.2, 0.25) is 12.1 Å². The Morgan fingerprint density at radius 1 is 1.72 bits per heavy atom. The molecule has 0 aliphatic heterocycles. The maximum Gasteiger partial charge on any atom is 0.406 e. The maximum absolute atomic E-state index is 11.3. The highest BCUT2D eigenvalue weighted by atomic mass is 16.6. The van der Waals surface area contributed by atoms with E-state index < -0.39 is 16.4 Å². The molecule has 1 rings (SSSR count). The van der Waals surface area contributed by atoms with Crippen LogP contribution < -0.4 is 5.32 Å². The summed E-state index contributed by atoms with van der Waals surface area (Å²) in [6, 6.07) is 0. The van der Waals surface area contributed by atoms with Gasteiger partial charge in [-0.25, -0.2) is 4.79 Å². The van der Waals surface area contributed by atoms with Crippen molar-refractivity contribution in [2.24, 2.45) is 7.05 Å². The summed E-state index contributed by atoms with van der Waals surface area (Å²) in [4.78, 5) is 25.0. The Bertz CT molecular complexity index is 470. The molecule has 0 bridgehead atoms. The van der Waals surface area contributed by atoms with Gasteiger partial charge in [0.15, 0.2) is 0 Å². The average Bonchev–Trinajstić information content (AvgIpc) is 2.60. The smallest absolute Gasteiger partial charge is 0.406 e. The van der Waals surface area contributed by atoms with Gasteiger partial charge in [0, 0.05) is 7.05 Å². The van der Waals surface area contributed by atoms with Gasteiger partial charge in [-0.2, -0.15) is 0 Å². The van der Waals surface area contributed by atoms with Crippen LogP contribution >= 0.6 is 0 Å². The first kappa shape index (κ1) is 13.9. The second-order valence-electron chi connectivity index (χ2n) is 4.30. The molecule has 8 heteroatoms. The van der Waals surface area contributed by atoms with Crippen LogP contribution in [0.3, 0.4) is 0 Å². The quantitative estimate of drug-likeness (QED) is 0.587. The molecule has 1 atom stereocenters. The number of aliphatic carboxylic acids is 1. The van der Waals surface area contributed by atoms with Gasteiger partial charge in [0.1, 0.15) is 5.54 Å². The predicted octanol–water partition coefficient (Wildman–Crippen LogP) is 1.38. The standard InChI is InChI=1S/C10H16N4O4/c1-4-5-10(2,9(15)16)12-8-7(14(17)18)11-6-13(8)3/h6,12H,4-5H2,1-3H3,(H,15,16). The number of aryl methyl sites for hydroxylation is 1. The van der Waals surface area contributed by atoms with Gasteiger partial charge >= 0.3 is 11.8 Å². The van der Waals surface area contributed by atoms with Crippen LogP contribution in [0.2, 0.25) is 0 Å². The van der Waals surface area contributed by atoms with E-state index in [0.29, 0.717) is 12.8 Å². The van der Waals surface area contributed by atoms with Crippen molar-refractivity contribution < 1.29 is 14.8 Å².